The predicted octanol–water partition coefficient (Wildman–Crippen LogP) is 5.80. The van der Waals surface area contributed by atoms with E-state index in [4.69, 9.17) is 4.74 Å². The Labute approximate surface area is 170 Å². The third-order valence-corrected chi connectivity index (χ3v) is 4.65. The fourth-order valence-corrected chi connectivity index (χ4v) is 2.99. The van der Waals surface area contributed by atoms with Crippen LogP contribution in [0.1, 0.15) is 54.7 Å². The van der Waals surface area contributed by atoms with Gasteiger partial charge in [0.25, 0.3) is 0 Å². The molecule has 3 aromatic rings. The van der Waals surface area contributed by atoms with Crippen LogP contribution in [0.15, 0.2) is 54.9 Å². The van der Waals surface area contributed by atoms with Gasteiger partial charge in [0.1, 0.15) is 0 Å². The van der Waals surface area contributed by atoms with E-state index in [2.05, 4.69) is 23.8 Å². The normalized spacial score (nSPS) is 10.7. The summed E-state index contributed by atoms with van der Waals surface area (Å²) >= 11 is 0. The molecule has 29 heavy (non-hydrogen) atoms. The maximum absolute atomic E-state index is 14.2. The maximum Gasteiger partial charge on any atom is 0.343 e. The molecular weight excluding hydrogens is 367 g/mol. The number of halogens is 1. The molecule has 0 radical (unpaired) electrons. The van der Waals surface area contributed by atoms with Crippen molar-refractivity contribution in [3.63, 3.8) is 0 Å². The number of ether oxygens (including phenoxy) is 1. The SMILES string of the molecule is CCCCc1ccc(OC(=O)c2ccc(-c3cnc(CCC)cn3)cc2)c(F)c1. The first-order chi connectivity index (χ1) is 14.1. The minimum atomic E-state index is -0.596. The van der Waals surface area contributed by atoms with E-state index in [0.29, 0.717) is 5.56 Å². The molecule has 0 atom stereocenters. The van der Waals surface area contributed by atoms with Crippen molar-refractivity contribution in [2.45, 2.75) is 46.0 Å². The van der Waals surface area contributed by atoms with Crippen LogP contribution in [0.4, 0.5) is 4.39 Å². The minimum absolute atomic E-state index is 0.0586. The second kappa shape index (κ2) is 9.92. The summed E-state index contributed by atoms with van der Waals surface area (Å²) in [7, 11) is 0. The number of rotatable bonds is 8. The molecule has 0 saturated heterocycles. The molecule has 3 rings (SSSR count). The summed E-state index contributed by atoms with van der Waals surface area (Å²) in [5, 5.41) is 0. The molecule has 0 aliphatic carbocycles. The van der Waals surface area contributed by atoms with Crippen molar-refractivity contribution < 1.29 is 13.9 Å². The number of carbonyl (C=O) groups excluding carboxylic acids is 1. The summed E-state index contributed by atoms with van der Waals surface area (Å²) in [6.07, 6.45) is 8.27. The van der Waals surface area contributed by atoms with Gasteiger partial charge in [0.15, 0.2) is 11.6 Å². The van der Waals surface area contributed by atoms with Crippen molar-refractivity contribution in [3.8, 4) is 17.0 Å². The molecule has 0 bridgehead atoms. The summed E-state index contributed by atoms with van der Waals surface area (Å²) in [5.41, 5.74) is 3.79. The molecule has 1 aromatic heterocycles. The van der Waals surface area contributed by atoms with Gasteiger partial charge in [-0.05, 0) is 49.1 Å². The maximum atomic E-state index is 14.2. The first-order valence-electron chi connectivity index (χ1n) is 10.0. The van der Waals surface area contributed by atoms with Gasteiger partial charge in [0.05, 0.1) is 23.1 Å². The van der Waals surface area contributed by atoms with E-state index in [1.54, 1.807) is 42.7 Å². The molecule has 0 N–H and O–H groups in total. The van der Waals surface area contributed by atoms with Crippen LogP contribution >= 0.6 is 0 Å². The summed E-state index contributed by atoms with van der Waals surface area (Å²) in [4.78, 5) is 21.2. The average molecular weight is 392 g/mol. The summed E-state index contributed by atoms with van der Waals surface area (Å²) < 4.78 is 19.5. The first-order valence-corrected chi connectivity index (χ1v) is 10.0. The minimum Gasteiger partial charge on any atom is -0.420 e. The molecule has 0 spiro atoms. The van der Waals surface area contributed by atoms with Crippen LogP contribution < -0.4 is 4.74 Å². The van der Waals surface area contributed by atoms with E-state index >= 15 is 0 Å². The molecule has 0 unspecified atom stereocenters. The number of esters is 1. The summed E-state index contributed by atoms with van der Waals surface area (Å²) in [6, 6.07) is 11.6. The fourth-order valence-electron chi connectivity index (χ4n) is 2.99. The van der Waals surface area contributed by atoms with Gasteiger partial charge in [-0.15, -0.1) is 0 Å². The molecule has 0 aliphatic heterocycles. The second-order valence-electron chi connectivity index (χ2n) is 6.98. The van der Waals surface area contributed by atoms with E-state index in [9.17, 15) is 9.18 Å². The highest BCUT2D eigenvalue weighted by Crippen LogP contribution is 2.22. The van der Waals surface area contributed by atoms with Gasteiger partial charge >= 0.3 is 5.97 Å². The number of benzene rings is 2. The zero-order valence-corrected chi connectivity index (χ0v) is 16.8. The smallest absolute Gasteiger partial charge is 0.343 e. The van der Waals surface area contributed by atoms with E-state index in [-0.39, 0.29) is 5.75 Å². The lowest BCUT2D eigenvalue weighted by Crippen LogP contribution is -2.09. The number of aryl methyl sites for hydroxylation is 2. The highest BCUT2D eigenvalue weighted by Gasteiger charge is 2.13. The molecule has 0 aliphatic rings. The molecule has 2 aromatic carbocycles. The van der Waals surface area contributed by atoms with Crippen molar-refractivity contribution in [2.75, 3.05) is 0 Å². The van der Waals surface area contributed by atoms with Gasteiger partial charge in [-0.25, -0.2) is 9.18 Å². The van der Waals surface area contributed by atoms with Gasteiger partial charge in [0.2, 0.25) is 0 Å². The van der Waals surface area contributed by atoms with E-state index < -0.39 is 11.8 Å². The Bertz CT molecular complexity index is 954. The van der Waals surface area contributed by atoms with Gasteiger partial charge in [-0.1, -0.05) is 44.9 Å². The Morgan fingerprint density at radius 2 is 1.76 bits per heavy atom. The van der Waals surface area contributed by atoms with Crippen molar-refractivity contribution in [3.05, 3.63) is 77.5 Å². The van der Waals surface area contributed by atoms with Gasteiger partial charge in [0, 0.05) is 11.8 Å². The Morgan fingerprint density at radius 3 is 2.38 bits per heavy atom. The number of hydrogen-bond donors (Lipinski definition) is 0. The Balaban J connectivity index is 1.67. The van der Waals surface area contributed by atoms with Crippen LogP contribution in [0.25, 0.3) is 11.3 Å². The van der Waals surface area contributed by atoms with Crippen LogP contribution in [-0.4, -0.2) is 15.9 Å². The highest BCUT2D eigenvalue weighted by molar-refractivity contribution is 5.91. The molecule has 0 amide bonds. The van der Waals surface area contributed by atoms with Gasteiger partial charge in [-0.2, -0.15) is 0 Å². The van der Waals surface area contributed by atoms with Crippen LogP contribution in [0, 0.1) is 5.82 Å². The third kappa shape index (κ3) is 5.47. The van der Waals surface area contributed by atoms with E-state index in [1.807, 2.05) is 0 Å². The first kappa shape index (κ1) is 20.6. The Hall–Kier alpha value is -3.08. The topological polar surface area (TPSA) is 52.1 Å². The number of aromatic nitrogens is 2. The Morgan fingerprint density at radius 1 is 0.966 bits per heavy atom. The van der Waals surface area contributed by atoms with Crippen LogP contribution in [0.2, 0.25) is 0 Å². The molecule has 0 saturated carbocycles. The largest absolute Gasteiger partial charge is 0.420 e. The van der Waals surface area contributed by atoms with Crippen LogP contribution in [0.5, 0.6) is 5.75 Å². The quantitative estimate of drug-likeness (QED) is 0.359. The molecule has 1 heterocycles. The standard InChI is InChI=1S/C24H25FN2O2/c1-3-5-7-17-8-13-23(21(25)14-17)29-24(28)19-11-9-18(10-12-19)22-16-26-20(6-4-2)15-27-22/h8-16H,3-7H2,1-2H3. The predicted molar refractivity (Wildman–Crippen MR) is 111 cm³/mol. The average Bonchev–Trinajstić information content (AvgIpc) is 2.75. The van der Waals surface area contributed by atoms with E-state index in [0.717, 1.165) is 54.6 Å². The zero-order chi connectivity index (χ0) is 20.6. The number of unbranched alkanes of at least 4 members (excludes halogenated alkanes) is 1. The van der Waals surface area contributed by atoms with Crippen LogP contribution in [-0.2, 0) is 12.8 Å². The van der Waals surface area contributed by atoms with Crippen LogP contribution in [0.3, 0.4) is 0 Å². The third-order valence-electron chi connectivity index (χ3n) is 4.65. The number of hydrogen-bond acceptors (Lipinski definition) is 4. The molecule has 4 nitrogen and oxygen atoms in total. The van der Waals surface area contributed by atoms with E-state index in [1.165, 1.54) is 12.1 Å². The lowest BCUT2D eigenvalue weighted by molar-refractivity contribution is 0.0728. The second-order valence-corrected chi connectivity index (χ2v) is 6.98. The lowest BCUT2D eigenvalue weighted by atomic mass is 10.1. The number of carbonyl (C=O) groups is 1. The molecule has 5 heteroatoms. The van der Waals surface area contributed by atoms with Crippen molar-refractivity contribution in [1.29, 1.82) is 0 Å². The summed E-state index contributed by atoms with van der Waals surface area (Å²) in [6.45, 7) is 4.19. The Kier molecular flexibility index (Phi) is 7.06. The van der Waals surface area contributed by atoms with Gasteiger partial charge in [-0.3, -0.25) is 9.97 Å². The van der Waals surface area contributed by atoms with Gasteiger partial charge < -0.3 is 4.74 Å². The monoisotopic (exact) mass is 392 g/mol. The zero-order valence-electron chi connectivity index (χ0n) is 16.8. The molecule has 0 fully saturated rings. The van der Waals surface area contributed by atoms with Crippen molar-refractivity contribution in [1.82, 2.24) is 9.97 Å². The van der Waals surface area contributed by atoms with Crippen molar-refractivity contribution in [2.24, 2.45) is 0 Å². The molecule has 150 valence electrons. The molecular formula is C24H25FN2O2. The highest BCUT2D eigenvalue weighted by atomic mass is 19.1. The number of nitrogens with zero attached hydrogens (tertiary/aromatic N) is 2. The summed E-state index contributed by atoms with van der Waals surface area (Å²) in [5.74, 6) is -1.18. The fraction of sp³-hybridized carbons (Fsp3) is 0.292. The lowest BCUT2D eigenvalue weighted by Gasteiger charge is -2.08. The van der Waals surface area contributed by atoms with Crippen molar-refractivity contribution >= 4 is 5.97 Å².